The maximum absolute atomic E-state index is 11.5. The van der Waals surface area contributed by atoms with Gasteiger partial charge in [0.25, 0.3) is 0 Å². The summed E-state index contributed by atoms with van der Waals surface area (Å²) in [4.78, 5) is 26.8. The molecule has 6 nitrogen and oxygen atoms in total. The molecule has 0 saturated heterocycles. The number of rotatable bonds is 3. The number of thioether (sulfide) groups is 1. The zero-order valence-electron chi connectivity index (χ0n) is 11.8. The van der Waals surface area contributed by atoms with Crippen LogP contribution in [0.1, 0.15) is 22.4 Å². The number of aromatic nitrogens is 1. The number of nitriles is 1. The predicted octanol–water partition coefficient (Wildman–Crippen LogP) is 1.43. The number of imide groups is 1. The predicted molar refractivity (Wildman–Crippen MR) is 76.5 cm³/mol. The van der Waals surface area contributed by atoms with Gasteiger partial charge in [-0.05, 0) is 31.9 Å². The first kappa shape index (κ1) is 16.0. The molecular formula is C13H16N4O2S. The zero-order valence-corrected chi connectivity index (χ0v) is 12.6. The van der Waals surface area contributed by atoms with Crippen LogP contribution in [0.15, 0.2) is 5.03 Å². The molecule has 1 rings (SSSR count). The smallest absolute Gasteiger partial charge is 0.321 e. The molecule has 0 saturated carbocycles. The maximum Gasteiger partial charge on any atom is 0.321 e. The van der Waals surface area contributed by atoms with E-state index < -0.39 is 11.9 Å². The Morgan fingerprint density at radius 1 is 1.30 bits per heavy atom. The van der Waals surface area contributed by atoms with E-state index in [1.807, 2.05) is 20.8 Å². The van der Waals surface area contributed by atoms with Crippen LogP contribution in [0.25, 0.3) is 0 Å². The summed E-state index contributed by atoms with van der Waals surface area (Å²) in [5.74, 6) is -0.409. The van der Waals surface area contributed by atoms with Crippen LogP contribution < -0.4 is 10.6 Å². The lowest BCUT2D eigenvalue weighted by Crippen LogP contribution is -2.38. The molecule has 0 atom stereocenters. The van der Waals surface area contributed by atoms with Gasteiger partial charge in [0, 0.05) is 12.7 Å². The van der Waals surface area contributed by atoms with E-state index in [0.717, 1.165) is 28.6 Å². The minimum Gasteiger partial charge on any atom is -0.341 e. The monoisotopic (exact) mass is 292 g/mol. The summed E-state index contributed by atoms with van der Waals surface area (Å²) in [5.41, 5.74) is 3.15. The molecule has 0 aliphatic heterocycles. The summed E-state index contributed by atoms with van der Waals surface area (Å²) in [7, 11) is 1.43. The number of nitrogens with zero attached hydrogens (tertiary/aromatic N) is 2. The summed E-state index contributed by atoms with van der Waals surface area (Å²) < 4.78 is 0. The molecule has 0 unspecified atom stereocenters. The highest BCUT2D eigenvalue weighted by atomic mass is 32.2. The van der Waals surface area contributed by atoms with Crippen molar-refractivity contribution in [2.45, 2.75) is 25.8 Å². The van der Waals surface area contributed by atoms with Crippen molar-refractivity contribution in [3.8, 4) is 6.07 Å². The van der Waals surface area contributed by atoms with Crippen LogP contribution in [0.3, 0.4) is 0 Å². The van der Waals surface area contributed by atoms with Crippen LogP contribution in [0.4, 0.5) is 4.79 Å². The average molecular weight is 292 g/mol. The first-order valence-electron chi connectivity index (χ1n) is 5.93. The lowest BCUT2D eigenvalue weighted by atomic mass is 10.1. The SMILES string of the molecule is CNC(=O)NC(=O)CSc1nc(C)c(C)c(C)c1C#N. The van der Waals surface area contributed by atoms with Gasteiger partial charge in [-0.2, -0.15) is 5.26 Å². The molecule has 0 fully saturated rings. The summed E-state index contributed by atoms with van der Waals surface area (Å²) in [6.07, 6.45) is 0. The standard InChI is InChI=1S/C13H16N4O2S/c1-7-8(2)10(5-14)12(16-9(7)3)20-6-11(18)17-13(19)15-4/h6H2,1-4H3,(H2,15,17,18,19). The lowest BCUT2D eigenvalue weighted by molar-refractivity contribution is -0.117. The van der Waals surface area contributed by atoms with Crippen LogP contribution >= 0.6 is 11.8 Å². The minimum absolute atomic E-state index is 0.0248. The molecule has 0 aliphatic rings. The lowest BCUT2D eigenvalue weighted by Gasteiger charge is -2.10. The molecule has 1 aromatic rings. The Morgan fingerprint density at radius 3 is 2.50 bits per heavy atom. The van der Waals surface area contributed by atoms with Crippen LogP contribution in [-0.2, 0) is 4.79 Å². The summed E-state index contributed by atoms with van der Waals surface area (Å²) in [6.45, 7) is 5.63. The van der Waals surface area contributed by atoms with Gasteiger partial charge in [0.1, 0.15) is 11.1 Å². The van der Waals surface area contributed by atoms with Crippen LogP contribution in [0.2, 0.25) is 0 Å². The number of carbonyl (C=O) groups is 2. The quantitative estimate of drug-likeness (QED) is 0.822. The number of pyridine rings is 1. The van der Waals surface area contributed by atoms with Crippen molar-refractivity contribution < 1.29 is 9.59 Å². The number of hydrogen-bond acceptors (Lipinski definition) is 5. The highest BCUT2D eigenvalue weighted by molar-refractivity contribution is 8.00. The number of nitrogens with one attached hydrogen (secondary N) is 2. The van der Waals surface area contributed by atoms with E-state index in [1.165, 1.54) is 7.05 Å². The second-order valence-electron chi connectivity index (χ2n) is 4.16. The van der Waals surface area contributed by atoms with Gasteiger partial charge < -0.3 is 5.32 Å². The third kappa shape index (κ3) is 3.71. The summed E-state index contributed by atoms with van der Waals surface area (Å²) >= 11 is 1.14. The van der Waals surface area contributed by atoms with Crippen LogP contribution in [0.5, 0.6) is 0 Å². The fourth-order valence-electron chi connectivity index (χ4n) is 1.51. The normalized spacial score (nSPS) is 9.75. The highest BCUT2D eigenvalue weighted by Gasteiger charge is 2.14. The van der Waals surface area contributed by atoms with Gasteiger partial charge in [0.2, 0.25) is 5.91 Å². The highest BCUT2D eigenvalue weighted by Crippen LogP contribution is 2.26. The topological polar surface area (TPSA) is 94.9 Å². The fourth-order valence-corrected chi connectivity index (χ4v) is 2.39. The van der Waals surface area contributed by atoms with Gasteiger partial charge in [-0.3, -0.25) is 10.1 Å². The molecule has 0 radical (unpaired) electrons. The molecule has 106 valence electrons. The number of carbonyl (C=O) groups excluding carboxylic acids is 2. The molecule has 0 spiro atoms. The number of urea groups is 1. The van der Waals surface area contributed by atoms with Crippen molar-refractivity contribution in [3.63, 3.8) is 0 Å². The third-order valence-electron chi connectivity index (χ3n) is 2.90. The maximum atomic E-state index is 11.5. The van der Waals surface area contributed by atoms with Crippen molar-refractivity contribution in [2.75, 3.05) is 12.8 Å². The van der Waals surface area contributed by atoms with Crippen molar-refractivity contribution in [3.05, 3.63) is 22.4 Å². The molecule has 1 heterocycles. The second kappa shape index (κ2) is 6.91. The second-order valence-corrected chi connectivity index (χ2v) is 5.12. The van der Waals surface area contributed by atoms with Gasteiger partial charge in [-0.15, -0.1) is 0 Å². The number of amides is 3. The molecule has 1 aromatic heterocycles. The first-order chi connectivity index (χ1) is 9.40. The Labute approximate surface area is 122 Å². The Kier molecular flexibility index (Phi) is 5.53. The molecule has 2 N–H and O–H groups in total. The summed E-state index contributed by atoms with van der Waals surface area (Å²) in [5, 5.41) is 14.2. The van der Waals surface area contributed by atoms with Crippen LogP contribution in [-0.4, -0.2) is 29.7 Å². The Balaban J connectivity index is 2.86. The van der Waals surface area contributed by atoms with Crippen molar-refractivity contribution in [1.82, 2.24) is 15.6 Å². The Morgan fingerprint density at radius 2 is 1.95 bits per heavy atom. The Bertz CT molecular complexity index is 593. The molecule has 0 aromatic carbocycles. The fraction of sp³-hybridized carbons (Fsp3) is 0.385. The third-order valence-corrected chi connectivity index (χ3v) is 3.87. The molecule has 0 aliphatic carbocycles. The van der Waals surface area contributed by atoms with Crippen molar-refractivity contribution in [1.29, 1.82) is 5.26 Å². The van der Waals surface area contributed by atoms with E-state index in [4.69, 9.17) is 0 Å². The van der Waals surface area contributed by atoms with E-state index in [9.17, 15) is 14.9 Å². The van der Waals surface area contributed by atoms with E-state index in [-0.39, 0.29) is 5.75 Å². The van der Waals surface area contributed by atoms with Gasteiger partial charge in [0.15, 0.2) is 0 Å². The first-order valence-corrected chi connectivity index (χ1v) is 6.91. The van der Waals surface area contributed by atoms with Gasteiger partial charge in [0.05, 0.1) is 11.3 Å². The molecule has 7 heteroatoms. The van der Waals surface area contributed by atoms with E-state index >= 15 is 0 Å². The summed E-state index contributed by atoms with van der Waals surface area (Å²) in [6, 6.07) is 1.56. The average Bonchev–Trinajstić information content (AvgIpc) is 2.42. The van der Waals surface area contributed by atoms with Crippen LogP contribution in [0, 0.1) is 32.1 Å². The van der Waals surface area contributed by atoms with Gasteiger partial charge >= 0.3 is 6.03 Å². The molecule has 3 amide bonds. The minimum atomic E-state index is -0.555. The number of aryl methyl sites for hydroxylation is 1. The molecular weight excluding hydrogens is 276 g/mol. The van der Waals surface area contributed by atoms with E-state index in [1.54, 1.807) is 0 Å². The molecule has 0 bridgehead atoms. The van der Waals surface area contributed by atoms with Gasteiger partial charge in [-0.1, -0.05) is 11.8 Å². The molecule has 20 heavy (non-hydrogen) atoms. The Hall–Kier alpha value is -2.07. The van der Waals surface area contributed by atoms with E-state index in [0.29, 0.717) is 10.6 Å². The zero-order chi connectivity index (χ0) is 15.3. The van der Waals surface area contributed by atoms with E-state index in [2.05, 4.69) is 21.7 Å². The van der Waals surface area contributed by atoms with Gasteiger partial charge in [-0.25, -0.2) is 9.78 Å². The van der Waals surface area contributed by atoms with Crippen molar-refractivity contribution in [2.24, 2.45) is 0 Å². The number of hydrogen-bond donors (Lipinski definition) is 2. The largest absolute Gasteiger partial charge is 0.341 e. The van der Waals surface area contributed by atoms with Crippen molar-refractivity contribution >= 4 is 23.7 Å².